The normalized spacial score (nSPS) is 27.8. The lowest BCUT2D eigenvalue weighted by Crippen LogP contribution is -2.46. The van der Waals surface area contributed by atoms with E-state index < -0.39 is 0 Å². The molecule has 0 aromatic rings. The molecule has 64 valence electrons. The molecule has 1 unspecified atom stereocenters. The Morgan fingerprint density at radius 1 is 1.82 bits per heavy atom. The maximum atomic E-state index is 11.2. The third kappa shape index (κ3) is 1.91. The molecule has 0 radical (unpaired) electrons. The highest BCUT2D eigenvalue weighted by Crippen LogP contribution is 2.00. The number of amides is 1. The van der Waals surface area contributed by atoms with E-state index in [1.165, 1.54) is 0 Å². The van der Waals surface area contributed by atoms with Crippen LogP contribution in [0.2, 0.25) is 0 Å². The number of nitrogens with one attached hydrogen (secondary N) is 1. The van der Waals surface area contributed by atoms with Crippen molar-refractivity contribution >= 4 is 5.91 Å². The van der Waals surface area contributed by atoms with Crippen molar-refractivity contribution in [2.24, 2.45) is 5.73 Å². The fourth-order valence-corrected chi connectivity index (χ4v) is 1.30. The Labute approximate surface area is 66.7 Å². The number of hydrogen-bond acceptors (Lipinski definition) is 3. The molecule has 0 spiro atoms. The van der Waals surface area contributed by atoms with Gasteiger partial charge in [-0.25, -0.2) is 0 Å². The largest absolute Gasteiger partial charge is 0.355 e. The minimum atomic E-state index is -0.127. The number of hydrogen-bond donors (Lipinski definition) is 2. The number of carbonyl (C=O) groups is 1. The highest BCUT2D eigenvalue weighted by atomic mass is 16.2. The van der Waals surface area contributed by atoms with Gasteiger partial charge in [0.1, 0.15) is 6.04 Å². The average molecular weight is 157 g/mol. The van der Waals surface area contributed by atoms with Gasteiger partial charge >= 0.3 is 0 Å². The fraction of sp³-hybridized carbons (Fsp3) is 0.857. The SMILES string of the molecule is CN1CCCNC(=O)C1CN. The third-order valence-corrected chi connectivity index (χ3v) is 2.04. The quantitative estimate of drug-likeness (QED) is 0.501. The van der Waals surface area contributed by atoms with Crippen LogP contribution in [0.15, 0.2) is 0 Å². The zero-order valence-corrected chi connectivity index (χ0v) is 6.84. The predicted octanol–water partition coefficient (Wildman–Crippen LogP) is -1.23. The molecule has 1 aliphatic heterocycles. The molecule has 1 atom stereocenters. The summed E-state index contributed by atoms with van der Waals surface area (Å²) in [5.74, 6) is 0.0625. The smallest absolute Gasteiger partial charge is 0.238 e. The lowest BCUT2D eigenvalue weighted by molar-refractivity contribution is -0.124. The third-order valence-electron chi connectivity index (χ3n) is 2.04. The Morgan fingerprint density at radius 2 is 2.55 bits per heavy atom. The molecule has 11 heavy (non-hydrogen) atoms. The first-order valence-corrected chi connectivity index (χ1v) is 3.93. The van der Waals surface area contributed by atoms with Crippen molar-refractivity contribution in [1.82, 2.24) is 10.2 Å². The standard InChI is InChI=1S/C7H15N3O/c1-10-4-2-3-9-7(11)6(10)5-8/h6H,2-5,8H2,1H3,(H,9,11). The van der Waals surface area contributed by atoms with Crippen LogP contribution in [0.5, 0.6) is 0 Å². The molecule has 0 aliphatic carbocycles. The summed E-state index contributed by atoms with van der Waals surface area (Å²) in [7, 11) is 1.93. The number of nitrogens with zero attached hydrogens (tertiary/aromatic N) is 1. The first-order chi connectivity index (χ1) is 5.25. The van der Waals surface area contributed by atoms with E-state index in [-0.39, 0.29) is 11.9 Å². The van der Waals surface area contributed by atoms with Gasteiger partial charge in [0.15, 0.2) is 0 Å². The Morgan fingerprint density at radius 3 is 3.18 bits per heavy atom. The maximum absolute atomic E-state index is 11.2. The van der Waals surface area contributed by atoms with Crippen LogP contribution in [-0.4, -0.2) is 43.5 Å². The molecule has 1 amide bonds. The molecular weight excluding hydrogens is 142 g/mol. The lowest BCUT2D eigenvalue weighted by Gasteiger charge is -2.21. The topological polar surface area (TPSA) is 58.4 Å². The molecule has 4 heteroatoms. The molecule has 1 rings (SSSR count). The van der Waals surface area contributed by atoms with Crippen molar-refractivity contribution in [2.75, 3.05) is 26.7 Å². The van der Waals surface area contributed by atoms with Gasteiger partial charge in [-0.05, 0) is 13.5 Å². The Bertz CT molecular complexity index is 149. The first-order valence-electron chi connectivity index (χ1n) is 3.93. The van der Waals surface area contributed by atoms with E-state index >= 15 is 0 Å². The van der Waals surface area contributed by atoms with Crippen LogP contribution < -0.4 is 11.1 Å². The van der Waals surface area contributed by atoms with E-state index in [2.05, 4.69) is 5.32 Å². The average Bonchev–Trinajstić information content (AvgIpc) is 2.12. The van der Waals surface area contributed by atoms with Crippen molar-refractivity contribution in [3.05, 3.63) is 0 Å². The monoisotopic (exact) mass is 157 g/mol. The van der Waals surface area contributed by atoms with Crippen LogP contribution >= 0.6 is 0 Å². The van der Waals surface area contributed by atoms with Gasteiger partial charge in [-0.2, -0.15) is 0 Å². The molecule has 4 nitrogen and oxygen atoms in total. The summed E-state index contributed by atoms with van der Waals surface area (Å²) in [5.41, 5.74) is 5.45. The fourth-order valence-electron chi connectivity index (χ4n) is 1.30. The second-order valence-corrected chi connectivity index (χ2v) is 2.88. The second-order valence-electron chi connectivity index (χ2n) is 2.88. The van der Waals surface area contributed by atoms with Crippen molar-refractivity contribution in [3.63, 3.8) is 0 Å². The minimum Gasteiger partial charge on any atom is -0.355 e. The minimum absolute atomic E-state index is 0.0625. The van der Waals surface area contributed by atoms with Gasteiger partial charge < -0.3 is 11.1 Å². The van der Waals surface area contributed by atoms with Crippen LogP contribution in [0.4, 0.5) is 0 Å². The highest BCUT2D eigenvalue weighted by Gasteiger charge is 2.23. The molecule has 1 heterocycles. The van der Waals surface area contributed by atoms with Crippen LogP contribution in [0.1, 0.15) is 6.42 Å². The zero-order chi connectivity index (χ0) is 8.27. The summed E-state index contributed by atoms with van der Waals surface area (Å²) in [6.45, 7) is 2.13. The van der Waals surface area contributed by atoms with Crippen LogP contribution in [0.3, 0.4) is 0 Å². The molecule has 0 aromatic carbocycles. The van der Waals surface area contributed by atoms with Gasteiger partial charge in [0.2, 0.25) is 5.91 Å². The van der Waals surface area contributed by atoms with Gasteiger partial charge in [-0.1, -0.05) is 0 Å². The van der Waals surface area contributed by atoms with Crippen molar-refractivity contribution < 1.29 is 4.79 Å². The molecule has 0 aromatic heterocycles. The Hall–Kier alpha value is -0.610. The molecule has 0 saturated carbocycles. The van der Waals surface area contributed by atoms with E-state index in [1.54, 1.807) is 0 Å². The van der Waals surface area contributed by atoms with Crippen LogP contribution in [-0.2, 0) is 4.79 Å². The summed E-state index contributed by atoms with van der Waals surface area (Å²) in [5, 5.41) is 2.82. The molecular formula is C7H15N3O. The summed E-state index contributed by atoms with van der Waals surface area (Å²) >= 11 is 0. The van der Waals surface area contributed by atoms with E-state index in [0.717, 1.165) is 19.5 Å². The van der Waals surface area contributed by atoms with Crippen molar-refractivity contribution in [2.45, 2.75) is 12.5 Å². The molecule has 1 fully saturated rings. The van der Waals surface area contributed by atoms with Crippen LogP contribution in [0.25, 0.3) is 0 Å². The summed E-state index contributed by atoms with van der Waals surface area (Å²) in [4.78, 5) is 13.2. The summed E-state index contributed by atoms with van der Waals surface area (Å²) in [6, 6.07) is -0.127. The van der Waals surface area contributed by atoms with Gasteiger partial charge in [-0.15, -0.1) is 0 Å². The van der Waals surface area contributed by atoms with Crippen molar-refractivity contribution in [1.29, 1.82) is 0 Å². The number of likely N-dealkylation sites (N-methyl/N-ethyl adjacent to an activating group) is 1. The van der Waals surface area contributed by atoms with Gasteiger partial charge in [0, 0.05) is 19.6 Å². The molecule has 1 saturated heterocycles. The first kappa shape index (κ1) is 8.49. The zero-order valence-electron chi connectivity index (χ0n) is 6.84. The molecule has 1 aliphatic rings. The van der Waals surface area contributed by atoms with Gasteiger partial charge in [0.05, 0.1) is 0 Å². The van der Waals surface area contributed by atoms with E-state index in [0.29, 0.717) is 6.54 Å². The maximum Gasteiger partial charge on any atom is 0.238 e. The van der Waals surface area contributed by atoms with Gasteiger partial charge in [0.25, 0.3) is 0 Å². The molecule has 0 bridgehead atoms. The van der Waals surface area contributed by atoms with Crippen molar-refractivity contribution in [3.8, 4) is 0 Å². The van der Waals surface area contributed by atoms with E-state index in [1.807, 2.05) is 11.9 Å². The van der Waals surface area contributed by atoms with E-state index in [4.69, 9.17) is 5.73 Å². The molecule has 3 N–H and O–H groups in total. The summed E-state index contributed by atoms with van der Waals surface area (Å²) < 4.78 is 0. The number of nitrogens with two attached hydrogens (primary N) is 1. The summed E-state index contributed by atoms with van der Waals surface area (Å²) in [6.07, 6.45) is 1.01. The Kier molecular flexibility index (Phi) is 2.84. The van der Waals surface area contributed by atoms with Crippen LogP contribution in [0, 0.1) is 0 Å². The van der Waals surface area contributed by atoms with E-state index in [9.17, 15) is 4.79 Å². The second kappa shape index (κ2) is 3.69. The number of carbonyl (C=O) groups excluding carboxylic acids is 1. The number of rotatable bonds is 1. The Balaban J connectivity index is 2.58. The predicted molar refractivity (Wildman–Crippen MR) is 43.1 cm³/mol. The highest BCUT2D eigenvalue weighted by molar-refractivity contribution is 5.82. The lowest BCUT2D eigenvalue weighted by atomic mass is 10.2. The van der Waals surface area contributed by atoms with Gasteiger partial charge in [-0.3, -0.25) is 9.69 Å².